The maximum absolute atomic E-state index is 5.87. The van der Waals surface area contributed by atoms with E-state index in [1.54, 1.807) is 11.8 Å². The molecule has 0 bridgehead atoms. The molecule has 2 saturated heterocycles. The van der Waals surface area contributed by atoms with Gasteiger partial charge in [-0.15, -0.1) is 11.8 Å². The SMILES string of the molecule is CC1CN(CC2CCN(c3cncc(SCc4ccccc4)n3)CC2)CC(C)O1. The first-order chi connectivity index (χ1) is 14.2. The molecule has 4 rings (SSSR count). The topological polar surface area (TPSA) is 41.5 Å². The van der Waals surface area contributed by atoms with Gasteiger partial charge < -0.3 is 9.64 Å². The van der Waals surface area contributed by atoms with Crippen molar-refractivity contribution in [2.45, 2.75) is 49.7 Å². The summed E-state index contributed by atoms with van der Waals surface area (Å²) in [5.74, 6) is 2.72. The van der Waals surface area contributed by atoms with Gasteiger partial charge in [0.2, 0.25) is 0 Å². The van der Waals surface area contributed by atoms with Crippen molar-refractivity contribution in [3.63, 3.8) is 0 Å². The van der Waals surface area contributed by atoms with Gasteiger partial charge in [0.1, 0.15) is 10.8 Å². The maximum atomic E-state index is 5.87. The highest BCUT2D eigenvalue weighted by atomic mass is 32.2. The standard InChI is InChI=1S/C23H32N4OS/c1-18-14-26(15-19(2)28-18)16-20-8-10-27(11-9-20)22-12-24-13-23(25-22)29-17-21-6-4-3-5-7-21/h3-7,12-13,18-20H,8-11,14-17H2,1-2H3. The fourth-order valence-corrected chi connectivity index (χ4v) is 5.24. The van der Waals surface area contributed by atoms with E-state index in [1.807, 2.05) is 12.4 Å². The van der Waals surface area contributed by atoms with Gasteiger partial charge in [-0.2, -0.15) is 0 Å². The average Bonchev–Trinajstić information content (AvgIpc) is 2.73. The number of anilines is 1. The molecule has 5 nitrogen and oxygen atoms in total. The maximum Gasteiger partial charge on any atom is 0.148 e. The summed E-state index contributed by atoms with van der Waals surface area (Å²) in [6.07, 6.45) is 6.95. The van der Waals surface area contributed by atoms with Crippen molar-refractivity contribution in [1.29, 1.82) is 0 Å². The summed E-state index contributed by atoms with van der Waals surface area (Å²) < 4.78 is 5.87. The summed E-state index contributed by atoms with van der Waals surface area (Å²) in [6, 6.07) is 10.5. The molecule has 0 amide bonds. The van der Waals surface area contributed by atoms with Crippen LogP contribution in [-0.2, 0) is 10.5 Å². The molecular weight excluding hydrogens is 380 g/mol. The Kier molecular flexibility index (Phi) is 7.06. The Morgan fingerprint density at radius 2 is 1.76 bits per heavy atom. The molecule has 0 radical (unpaired) electrons. The molecule has 2 aliphatic rings. The van der Waals surface area contributed by atoms with Crippen LogP contribution in [0.1, 0.15) is 32.3 Å². The quantitative estimate of drug-likeness (QED) is 0.666. The monoisotopic (exact) mass is 412 g/mol. The molecule has 0 saturated carbocycles. The lowest BCUT2D eigenvalue weighted by atomic mass is 9.95. The van der Waals surface area contributed by atoms with E-state index < -0.39 is 0 Å². The van der Waals surface area contributed by atoms with Gasteiger partial charge in [-0.3, -0.25) is 9.88 Å². The first-order valence-electron chi connectivity index (χ1n) is 10.8. The Bertz CT molecular complexity index is 756. The van der Waals surface area contributed by atoms with Crippen molar-refractivity contribution in [2.75, 3.05) is 37.6 Å². The molecule has 0 spiro atoms. The van der Waals surface area contributed by atoms with Gasteiger partial charge in [0.25, 0.3) is 0 Å². The summed E-state index contributed by atoms with van der Waals surface area (Å²) in [4.78, 5) is 14.3. The lowest BCUT2D eigenvalue weighted by Gasteiger charge is -2.39. The number of nitrogens with zero attached hydrogens (tertiary/aromatic N) is 4. The summed E-state index contributed by atoms with van der Waals surface area (Å²) in [5.41, 5.74) is 1.32. The van der Waals surface area contributed by atoms with Crippen LogP contribution in [0.4, 0.5) is 5.82 Å². The van der Waals surface area contributed by atoms with Crippen LogP contribution < -0.4 is 4.90 Å². The molecule has 2 unspecified atom stereocenters. The molecule has 2 aromatic rings. The Balaban J connectivity index is 1.27. The van der Waals surface area contributed by atoms with E-state index in [1.165, 1.54) is 24.9 Å². The first kappa shape index (κ1) is 20.6. The summed E-state index contributed by atoms with van der Waals surface area (Å²) >= 11 is 1.76. The van der Waals surface area contributed by atoms with Gasteiger partial charge in [0, 0.05) is 38.5 Å². The second-order valence-electron chi connectivity index (χ2n) is 8.40. The molecule has 29 heavy (non-hydrogen) atoms. The zero-order valence-electron chi connectivity index (χ0n) is 17.5. The van der Waals surface area contributed by atoms with Crippen LogP contribution in [0.25, 0.3) is 0 Å². The number of rotatable bonds is 6. The van der Waals surface area contributed by atoms with Crippen molar-refractivity contribution in [1.82, 2.24) is 14.9 Å². The molecule has 2 fully saturated rings. The smallest absolute Gasteiger partial charge is 0.148 e. The van der Waals surface area contributed by atoms with Gasteiger partial charge in [0.15, 0.2) is 0 Å². The van der Waals surface area contributed by atoms with Crippen molar-refractivity contribution in [3.8, 4) is 0 Å². The van der Waals surface area contributed by atoms with Crippen LogP contribution in [0.15, 0.2) is 47.8 Å². The van der Waals surface area contributed by atoms with Crippen molar-refractivity contribution in [2.24, 2.45) is 5.92 Å². The van der Waals surface area contributed by atoms with E-state index in [0.29, 0.717) is 12.2 Å². The van der Waals surface area contributed by atoms with Crippen molar-refractivity contribution in [3.05, 3.63) is 48.3 Å². The van der Waals surface area contributed by atoms with E-state index in [9.17, 15) is 0 Å². The van der Waals surface area contributed by atoms with E-state index >= 15 is 0 Å². The fourth-order valence-electron chi connectivity index (χ4n) is 4.43. The number of aromatic nitrogens is 2. The highest BCUT2D eigenvalue weighted by Crippen LogP contribution is 2.26. The number of hydrogen-bond donors (Lipinski definition) is 0. The second kappa shape index (κ2) is 9.92. The summed E-state index contributed by atoms with van der Waals surface area (Å²) in [7, 11) is 0. The lowest BCUT2D eigenvalue weighted by molar-refractivity contribution is -0.0720. The van der Waals surface area contributed by atoms with Gasteiger partial charge >= 0.3 is 0 Å². The third-order valence-corrected chi connectivity index (χ3v) is 6.75. The van der Waals surface area contributed by atoms with E-state index in [-0.39, 0.29) is 0 Å². The van der Waals surface area contributed by atoms with Crippen LogP contribution in [-0.4, -0.2) is 59.8 Å². The summed E-state index contributed by atoms with van der Waals surface area (Å²) in [5, 5.41) is 1.00. The van der Waals surface area contributed by atoms with Crippen LogP contribution in [0, 0.1) is 5.92 Å². The second-order valence-corrected chi connectivity index (χ2v) is 9.39. The average molecular weight is 413 g/mol. The molecule has 0 N–H and O–H groups in total. The van der Waals surface area contributed by atoms with Crippen LogP contribution in [0.2, 0.25) is 0 Å². The zero-order valence-corrected chi connectivity index (χ0v) is 18.4. The molecule has 1 aromatic heterocycles. The molecule has 2 aliphatic heterocycles. The van der Waals surface area contributed by atoms with Crippen LogP contribution >= 0.6 is 11.8 Å². The predicted octanol–water partition coefficient (Wildman–Crippen LogP) is 4.09. The largest absolute Gasteiger partial charge is 0.373 e. The van der Waals surface area contributed by atoms with Crippen LogP contribution in [0.3, 0.4) is 0 Å². The molecule has 3 heterocycles. The van der Waals surface area contributed by atoms with E-state index in [4.69, 9.17) is 9.72 Å². The van der Waals surface area contributed by atoms with Gasteiger partial charge in [-0.05, 0) is 38.2 Å². The van der Waals surface area contributed by atoms with Crippen molar-refractivity contribution < 1.29 is 4.74 Å². The van der Waals surface area contributed by atoms with Crippen LogP contribution in [0.5, 0.6) is 0 Å². The van der Waals surface area contributed by atoms with Gasteiger partial charge in [0.05, 0.1) is 24.6 Å². The van der Waals surface area contributed by atoms with E-state index in [0.717, 1.165) is 48.7 Å². The molecule has 1 aromatic carbocycles. The van der Waals surface area contributed by atoms with Crippen molar-refractivity contribution >= 4 is 17.6 Å². The minimum Gasteiger partial charge on any atom is -0.373 e. The third-order valence-electron chi connectivity index (χ3n) is 5.78. The number of hydrogen-bond acceptors (Lipinski definition) is 6. The normalized spacial score (nSPS) is 24.0. The predicted molar refractivity (Wildman–Crippen MR) is 119 cm³/mol. The molecule has 0 aliphatic carbocycles. The number of ether oxygens (including phenoxy) is 1. The third kappa shape index (κ3) is 5.93. The van der Waals surface area contributed by atoms with E-state index in [2.05, 4.69) is 59.0 Å². The highest BCUT2D eigenvalue weighted by molar-refractivity contribution is 7.98. The minimum absolute atomic E-state index is 0.352. The number of benzene rings is 1. The van der Waals surface area contributed by atoms with Gasteiger partial charge in [-0.1, -0.05) is 30.3 Å². The Morgan fingerprint density at radius 3 is 2.48 bits per heavy atom. The molecule has 6 heteroatoms. The molecule has 2 atom stereocenters. The molecule has 156 valence electrons. The van der Waals surface area contributed by atoms with Gasteiger partial charge in [-0.25, -0.2) is 4.98 Å². The highest BCUT2D eigenvalue weighted by Gasteiger charge is 2.27. The molecular formula is C23H32N4OS. The fraction of sp³-hybridized carbons (Fsp3) is 0.565. The zero-order chi connectivity index (χ0) is 20.1. The Morgan fingerprint density at radius 1 is 1.03 bits per heavy atom. The Labute approximate surface area is 178 Å². The summed E-state index contributed by atoms with van der Waals surface area (Å²) in [6.45, 7) is 9.85. The Hall–Kier alpha value is -1.63. The number of morpholine rings is 1. The minimum atomic E-state index is 0.352. The number of thioether (sulfide) groups is 1. The lowest BCUT2D eigenvalue weighted by Crippen LogP contribution is -2.48. The first-order valence-corrected chi connectivity index (χ1v) is 11.8. The number of piperidine rings is 1.